The van der Waals surface area contributed by atoms with Crippen LogP contribution in [0.15, 0.2) is 12.2 Å². The average molecular weight is 373 g/mol. The summed E-state index contributed by atoms with van der Waals surface area (Å²) in [6, 6.07) is -0.903. The molecule has 0 fully saturated rings. The number of methoxy groups -OCH3 is 1. The van der Waals surface area contributed by atoms with Crippen molar-refractivity contribution in [2.75, 3.05) is 20.3 Å². The molecule has 0 spiro atoms. The number of esters is 3. The number of amides is 1. The molecule has 1 amide bonds. The Hall–Kier alpha value is -2.58. The summed E-state index contributed by atoms with van der Waals surface area (Å²) in [4.78, 5) is 46.0. The van der Waals surface area contributed by atoms with Gasteiger partial charge in [0.05, 0.1) is 7.11 Å². The monoisotopic (exact) mass is 373 g/mol. The zero-order valence-corrected chi connectivity index (χ0v) is 16.0. The lowest BCUT2D eigenvalue weighted by Gasteiger charge is -2.24. The van der Waals surface area contributed by atoms with Crippen molar-refractivity contribution in [3.63, 3.8) is 0 Å². The molecule has 9 nitrogen and oxygen atoms in total. The van der Waals surface area contributed by atoms with Gasteiger partial charge in [0.15, 0.2) is 0 Å². The molecule has 0 aliphatic heterocycles. The summed E-state index contributed by atoms with van der Waals surface area (Å²) in [5, 5.41) is 2.46. The molecular weight excluding hydrogens is 346 g/mol. The lowest BCUT2D eigenvalue weighted by molar-refractivity contribution is -0.152. The number of rotatable bonds is 8. The van der Waals surface area contributed by atoms with E-state index in [1.807, 2.05) is 0 Å². The maximum absolute atomic E-state index is 12.1. The third kappa shape index (κ3) is 11.1. The molecule has 0 radical (unpaired) electrons. The lowest BCUT2D eigenvalue weighted by atomic mass is 10.1. The molecule has 0 heterocycles. The molecule has 0 aromatic carbocycles. The van der Waals surface area contributed by atoms with E-state index in [0.29, 0.717) is 0 Å². The van der Waals surface area contributed by atoms with Crippen LogP contribution < -0.4 is 5.32 Å². The molecule has 0 saturated heterocycles. The van der Waals surface area contributed by atoms with Crippen LogP contribution in [0.3, 0.4) is 0 Å². The zero-order valence-electron chi connectivity index (χ0n) is 16.0. The van der Waals surface area contributed by atoms with Gasteiger partial charge in [-0.2, -0.15) is 0 Å². The normalized spacial score (nSPS) is 12.4. The van der Waals surface area contributed by atoms with E-state index in [1.165, 1.54) is 7.11 Å². The maximum Gasteiger partial charge on any atom is 0.408 e. The standard InChI is InChI=1S/C17H27NO8/c1-11(2)14(18-16(22)26-17(3,4)5)15(21)25-10-9-24-13(20)8-7-12(19)23-6/h7-8,11,14H,9-10H2,1-6H3,(H,18,22). The summed E-state index contributed by atoms with van der Waals surface area (Å²) < 4.78 is 19.2. The van der Waals surface area contributed by atoms with E-state index in [-0.39, 0.29) is 19.1 Å². The van der Waals surface area contributed by atoms with E-state index in [2.05, 4.69) is 10.1 Å². The molecule has 1 unspecified atom stereocenters. The van der Waals surface area contributed by atoms with Crippen LogP contribution in [0.5, 0.6) is 0 Å². The van der Waals surface area contributed by atoms with Crippen LogP contribution in [0.25, 0.3) is 0 Å². The minimum Gasteiger partial charge on any atom is -0.466 e. The number of carbonyl (C=O) groups excluding carboxylic acids is 4. The number of alkyl carbamates (subject to hydrolysis) is 1. The van der Waals surface area contributed by atoms with E-state index < -0.39 is 35.6 Å². The average Bonchev–Trinajstić information content (AvgIpc) is 2.52. The summed E-state index contributed by atoms with van der Waals surface area (Å²) >= 11 is 0. The van der Waals surface area contributed by atoms with Gasteiger partial charge >= 0.3 is 24.0 Å². The topological polar surface area (TPSA) is 117 Å². The molecule has 0 aromatic rings. The minimum atomic E-state index is -0.903. The van der Waals surface area contributed by atoms with Crippen molar-refractivity contribution in [2.45, 2.75) is 46.3 Å². The first kappa shape index (κ1) is 23.4. The van der Waals surface area contributed by atoms with Gasteiger partial charge in [-0.1, -0.05) is 13.8 Å². The summed E-state index contributed by atoms with van der Waals surface area (Å²) in [5.41, 5.74) is -0.693. The molecule has 1 atom stereocenters. The van der Waals surface area contributed by atoms with Crippen LogP contribution in [0, 0.1) is 5.92 Å². The van der Waals surface area contributed by atoms with Crippen molar-refractivity contribution in [3.8, 4) is 0 Å². The Morgan fingerprint density at radius 2 is 1.50 bits per heavy atom. The summed E-state index contributed by atoms with van der Waals surface area (Å²) in [6.45, 7) is 8.19. The zero-order chi connectivity index (χ0) is 20.3. The number of carbonyl (C=O) groups is 4. The van der Waals surface area contributed by atoms with E-state index in [1.54, 1.807) is 34.6 Å². The Morgan fingerprint density at radius 3 is 2.00 bits per heavy atom. The third-order valence-corrected chi connectivity index (χ3v) is 2.72. The quantitative estimate of drug-likeness (QED) is 0.293. The van der Waals surface area contributed by atoms with Crippen LogP contribution in [0.4, 0.5) is 4.79 Å². The fourth-order valence-electron chi connectivity index (χ4n) is 1.56. The highest BCUT2D eigenvalue weighted by atomic mass is 16.6. The first-order valence-electron chi connectivity index (χ1n) is 8.05. The van der Waals surface area contributed by atoms with Crippen molar-refractivity contribution >= 4 is 24.0 Å². The van der Waals surface area contributed by atoms with E-state index in [9.17, 15) is 19.2 Å². The molecular formula is C17H27NO8. The van der Waals surface area contributed by atoms with Crippen molar-refractivity contribution in [1.82, 2.24) is 5.32 Å². The summed E-state index contributed by atoms with van der Waals surface area (Å²) in [7, 11) is 1.17. The van der Waals surface area contributed by atoms with Gasteiger partial charge in [0.1, 0.15) is 24.9 Å². The van der Waals surface area contributed by atoms with Crippen molar-refractivity contribution < 1.29 is 38.1 Å². The van der Waals surface area contributed by atoms with Crippen molar-refractivity contribution in [3.05, 3.63) is 12.2 Å². The van der Waals surface area contributed by atoms with Crippen LogP contribution in [0.2, 0.25) is 0 Å². The minimum absolute atomic E-state index is 0.199. The first-order valence-corrected chi connectivity index (χ1v) is 8.05. The Bertz CT molecular complexity index is 533. The molecule has 0 aromatic heterocycles. The Balaban J connectivity index is 4.35. The van der Waals surface area contributed by atoms with Crippen molar-refractivity contribution in [1.29, 1.82) is 0 Å². The van der Waals surface area contributed by atoms with Gasteiger partial charge in [-0.15, -0.1) is 0 Å². The molecule has 1 N–H and O–H groups in total. The Labute approximate surface area is 153 Å². The number of nitrogens with one attached hydrogen (secondary N) is 1. The second-order valence-corrected chi connectivity index (χ2v) is 6.56. The second kappa shape index (κ2) is 11.1. The van der Waals surface area contributed by atoms with E-state index in [4.69, 9.17) is 14.2 Å². The lowest BCUT2D eigenvalue weighted by Crippen LogP contribution is -2.47. The van der Waals surface area contributed by atoms with Gasteiger partial charge in [0.2, 0.25) is 0 Å². The SMILES string of the molecule is COC(=O)C=CC(=O)OCCOC(=O)C(NC(=O)OC(C)(C)C)C(C)C. The van der Waals surface area contributed by atoms with Gasteiger partial charge in [-0.25, -0.2) is 19.2 Å². The second-order valence-electron chi connectivity index (χ2n) is 6.56. The summed E-state index contributed by atoms with van der Waals surface area (Å²) in [5.74, 6) is -2.38. The highest BCUT2D eigenvalue weighted by Gasteiger charge is 2.28. The van der Waals surface area contributed by atoms with Gasteiger partial charge in [0, 0.05) is 12.2 Å². The molecule has 0 aliphatic rings. The molecule has 0 aliphatic carbocycles. The first-order chi connectivity index (χ1) is 12.0. The van der Waals surface area contributed by atoms with Crippen LogP contribution in [0.1, 0.15) is 34.6 Å². The Kier molecular flexibility index (Phi) is 10.0. The molecule has 9 heteroatoms. The molecule has 0 saturated carbocycles. The number of hydrogen-bond acceptors (Lipinski definition) is 8. The smallest absolute Gasteiger partial charge is 0.408 e. The largest absolute Gasteiger partial charge is 0.466 e. The van der Waals surface area contributed by atoms with Gasteiger partial charge in [-0.3, -0.25) is 0 Å². The molecule has 26 heavy (non-hydrogen) atoms. The number of ether oxygens (including phenoxy) is 4. The molecule has 0 bridgehead atoms. The fourth-order valence-corrected chi connectivity index (χ4v) is 1.56. The van der Waals surface area contributed by atoms with Gasteiger partial charge < -0.3 is 24.3 Å². The van der Waals surface area contributed by atoms with E-state index in [0.717, 1.165) is 12.2 Å². The summed E-state index contributed by atoms with van der Waals surface area (Å²) in [6.07, 6.45) is 1.08. The van der Waals surface area contributed by atoms with Gasteiger partial charge in [-0.05, 0) is 26.7 Å². The molecule has 148 valence electrons. The Morgan fingerprint density at radius 1 is 0.962 bits per heavy atom. The van der Waals surface area contributed by atoms with Crippen LogP contribution in [-0.4, -0.2) is 56.0 Å². The number of hydrogen-bond donors (Lipinski definition) is 1. The fraction of sp³-hybridized carbons (Fsp3) is 0.647. The van der Waals surface area contributed by atoms with Crippen LogP contribution in [-0.2, 0) is 33.3 Å². The predicted octanol–water partition coefficient (Wildman–Crippen LogP) is 1.35. The molecule has 0 rings (SSSR count). The highest BCUT2D eigenvalue weighted by molar-refractivity contribution is 5.91. The third-order valence-electron chi connectivity index (χ3n) is 2.72. The van der Waals surface area contributed by atoms with Crippen LogP contribution >= 0.6 is 0 Å². The predicted molar refractivity (Wildman–Crippen MR) is 91.1 cm³/mol. The highest BCUT2D eigenvalue weighted by Crippen LogP contribution is 2.09. The van der Waals surface area contributed by atoms with E-state index >= 15 is 0 Å². The maximum atomic E-state index is 12.1. The van der Waals surface area contributed by atoms with Crippen molar-refractivity contribution in [2.24, 2.45) is 5.92 Å². The van der Waals surface area contributed by atoms with Gasteiger partial charge in [0.25, 0.3) is 0 Å².